The summed E-state index contributed by atoms with van der Waals surface area (Å²) in [5.74, 6) is 0. The number of H-pyrrole nitrogens is 1. The molecule has 4 nitrogen and oxygen atoms in total. The van der Waals surface area contributed by atoms with Crippen molar-refractivity contribution in [2.75, 3.05) is 19.7 Å². The average Bonchev–Trinajstić information content (AvgIpc) is 2.85. The molecule has 0 amide bonds. The monoisotopic (exact) mass is 247 g/mol. The van der Waals surface area contributed by atoms with E-state index in [0.717, 1.165) is 45.5 Å². The molecule has 0 unspecified atom stereocenters. The van der Waals surface area contributed by atoms with Crippen LogP contribution in [-0.2, 0) is 11.3 Å². The molecule has 3 rings (SSSR count). The molecule has 0 aliphatic carbocycles. The number of aromatic nitrogens is 2. The molecule has 1 saturated heterocycles. The predicted molar refractivity (Wildman–Crippen MR) is 70.2 cm³/mol. The third-order valence-corrected chi connectivity index (χ3v) is 4.05. The topological polar surface area (TPSA) is 41.2 Å². The Morgan fingerprint density at radius 2 is 2.28 bits per heavy atom. The molecule has 0 aromatic carbocycles. The number of aromatic amines is 1. The lowest BCUT2D eigenvalue weighted by atomic mass is 9.87. The first-order valence-electron chi connectivity index (χ1n) is 6.79. The molecule has 0 saturated carbocycles. The average molecular weight is 247 g/mol. The first kappa shape index (κ1) is 11.9. The van der Waals surface area contributed by atoms with Gasteiger partial charge in [-0.25, -0.2) is 0 Å². The van der Waals surface area contributed by atoms with Gasteiger partial charge in [0.25, 0.3) is 0 Å². The van der Waals surface area contributed by atoms with Crippen LogP contribution in [0.5, 0.6) is 0 Å². The Labute approximate surface area is 108 Å². The van der Waals surface area contributed by atoms with Crippen molar-refractivity contribution in [2.45, 2.75) is 38.3 Å². The largest absolute Gasteiger partial charge is 0.370 e. The van der Waals surface area contributed by atoms with Crippen LogP contribution in [0.2, 0.25) is 0 Å². The highest BCUT2D eigenvalue weighted by Crippen LogP contribution is 2.33. The second-order valence-electron chi connectivity index (χ2n) is 5.51. The molecule has 18 heavy (non-hydrogen) atoms. The smallest absolute Gasteiger partial charge is 0.0889 e. The molecule has 1 N–H and O–H groups in total. The molecule has 1 aromatic heterocycles. The van der Waals surface area contributed by atoms with Crippen LogP contribution in [0.3, 0.4) is 0 Å². The first-order valence-corrected chi connectivity index (χ1v) is 6.79. The van der Waals surface area contributed by atoms with E-state index in [-0.39, 0.29) is 5.60 Å². The van der Waals surface area contributed by atoms with Gasteiger partial charge >= 0.3 is 0 Å². The minimum absolute atomic E-state index is 0.0345. The van der Waals surface area contributed by atoms with Gasteiger partial charge in [0.2, 0.25) is 0 Å². The van der Waals surface area contributed by atoms with Crippen LogP contribution in [0.15, 0.2) is 23.9 Å². The highest BCUT2D eigenvalue weighted by molar-refractivity contribution is 5.14. The molecule has 2 aliphatic heterocycles. The zero-order valence-electron chi connectivity index (χ0n) is 11.0. The van der Waals surface area contributed by atoms with Crippen LogP contribution in [0, 0.1) is 0 Å². The highest BCUT2D eigenvalue weighted by atomic mass is 16.5. The number of nitrogens with zero attached hydrogens (tertiary/aromatic N) is 2. The maximum atomic E-state index is 6.04. The number of hydrogen-bond donors (Lipinski definition) is 1. The van der Waals surface area contributed by atoms with E-state index in [1.54, 1.807) is 0 Å². The molecule has 1 aromatic rings. The standard InChI is InChI=1S/C14H21N3O/c1-12-3-9-18-14(10-12)4-7-17(8-5-14)11-13-2-6-15-16-13/h2,6,10H,3-5,7-9,11H2,1H3,(H,15,16). The van der Waals surface area contributed by atoms with Crippen LogP contribution >= 0.6 is 0 Å². The third kappa shape index (κ3) is 2.49. The van der Waals surface area contributed by atoms with Gasteiger partial charge in [-0.05, 0) is 32.3 Å². The minimum Gasteiger partial charge on any atom is -0.370 e. The lowest BCUT2D eigenvalue weighted by molar-refractivity contribution is -0.0578. The Morgan fingerprint density at radius 1 is 1.44 bits per heavy atom. The zero-order chi connectivity index (χ0) is 12.4. The van der Waals surface area contributed by atoms with Crippen molar-refractivity contribution in [3.05, 3.63) is 29.6 Å². The number of piperidine rings is 1. The van der Waals surface area contributed by atoms with Crippen molar-refractivity contribution in [2.24, 2.45) is 0 Å². The highest BCUT2D eigenvalue weighted by Gasteiger charge is 2.35. The van der Waals surface area contributed by atoms with E-state index in [1.807, 2.05) is 12.3 Å². The number of likely N-dealkylation sites (tertiary alicyclic amines) is 1. The van der Waals surface area contributed by atoms with Crippen molar-refractivity contribution in [3.8, 4) is 0 Å². The van der Waals surface area contributed by atoms with Gasteiger partial charge in [0.15, 0.2) is 0 Å². The van der Waals surface area contributed by atoms with Crippen molar-refractivity contribution >= 4 is 0 Å². The van der Waals surface area contributed by atoms with Crippen LogP contribution < -0.4 is 0 Å². The second-order valence-corrected chi connectivity index (χ2v) is 5.51. The molecule has 4 heteroatoms. The summed E-state index contributed by atoms with van der Waals surface area (Å²) in [6.07, 6.45) is 7.50. The van der Waals surface area contributed by atoms with E-state index in [0.29, 0.717) is 0 Å². The molecule has 0 bridgehead atoms. The summed E-state index contributed by atoms with van der Waals surface area (Å²) in [4.78, 5) is 2.47. The zero-order valence-corrected chi connectivity index (χ0v) is 11.0. The van der Waals surface area contributed by atoms with Crippen molar-refractivity contribution in [1.29, 1.82) is 0 Å². The Balaban J connectivity index is 1.59. The molecular weight excluding hydrogens is 226 g/mol. The summed E-state index contributed by atoms with van der Waals surface area (Å²) < 4.78 is 6.04. The molecule has 1 spiro atoms. The maximum absolute atomic E-state index is 6.04. The lowest BCUT2D eigenvalue weighted by Crippen LogP contribution is -2.46. The van der Waals surface area contributed by atoms with Crippen LogP contribution in [0.25, 0.3) is 0 Å². The number of nitrogens with one attached hydrogen (secondary N) is 1. The normalized spacial score (nSPS) is 24.2. The maximum Gasteiger partial charge on any atom is 0.0889 e. The van der Waals surface area contributed by atoms with Gasteiger partial charge in [-0.2, -0.15) is 5.10 Å². The van der Waals surface area contributed by atoms with Gasteiger partial charge < -0.3 is 4.74 Å². The molecule has 0 atom stereocenters. The number of hydrogen-bond acceptors (Lipinski definition) is 3. The van der Waals surface area contributed by atoms with Crippen LogP contribution in [0.4, 0.5) is 0 Å². The number of rotatable bonds is 2. The molecule has 1 fully saturated rings. The Kier molecular flexibility index (Phi) is 3.22. The number of ether oxygens (including phenoxy) is 1. The molecule has 3 heterocycles. The SMILES string of the molecule is CC1=CC2(CCN(Cc3ccn[nH]3)CC2)OCC1. The third-order valence-electron chi connectivity index (χ3n) is 4.05. The molecular formula is C14H21N3O. The van der Waals surface area contributed by atoms with Gasteiger partial charge in [-0.15, -0.1) is 0 Å². The van der Waals surface area contributed by atoms with E-state index in [2.05, 4.69) is 28.1 Å². The van der Waals surface area contributed by atoms with E-state index in [4.69, 9.17) is 4.74 Å². The van der Waals surface area contributed by atoms with E-state index in [1.165, 1.54) is 11.3 Å². The van der Waals surface area contributed by atoms with Gasteiger partial charge in [-0.1, -0.05) is 11.6 Å². The molecule has 0 radical (unpaired) electrons. The minimum atomic E-state index is 0.0345. The summed E-state index contributed by atoms with van der Waals surface area (Å²) >= 11 is 0. The van der Waals surface area contributed by atoms with Gasteiger partial charge in [0, 0.05) is 31.5 Å². The quantitative estimate of drug-likeness (QED) is 0.814. The summed E-state index contributed by atoms with van der Waals surface area (Å²) in [7, 11) is 0. The Hall–Kier alpha value is -1.13. The fourth-order valence-corrected chi connectivity index (χ4v) is 2.97. The fraction of sp³-hybridized carbons (Fsp3) is 0.643. The van der Waals surface area contributed by atoms with Gasteiger partial charge in [0.1, 0.15) is 0 Å². The van der Waals surface area contributed by atoms with Crippen LogP contribution in [-0.4, -0.2) is 40.4 Å². The fourth-order valence-electron chi connectivity index (χ4n) is 2.97. The van der Waals surface area contributed by atoms with E-state index >= 15 is 0 Å². The van der Waals surface area contributed by atoms with E-state index < -0.39 is 0 Å². The summed E-state index contributed by atoms with van der Waals surface area (Å²) in [5.41, 5.74) is 2.72. The van der Waals surface area contributed by atoms with Gasteiger partial charge in [-0.3, -0.25) is 10.00 Å². The van der Waals surface area contributed by atoms with Crippen molar-refractivity contribution < 1.29 is 4.74 Å². The Bertz CT molecular complexity index is 416. The van der Waals surface area contributed by atoms with Gasteiger partial charge in [0.05, 0.1) is 12.2 Å². The lowest BCUT2D eigenvalue weighted by Gasteiger charge is -2.42. The van der Waals surface area contributed by atoms with Crippen LogP contribution in [0.1, 0.15) is 31.9 Å². The molecule has 2 aliphatic rings. The summed E-state index contributed by atoms with van der Waals surface area (Å²) in [6.45, 7) is 6.29. The second kappa shape index (κ2) is 4.86. The van der Waals surface area contributed by atoms with Crippen molar-refractivity contribution in [3.63, 3.8) is 0 Å². The summed E-state index contributed by atoms with van der Waals surface area (Å²) in [6, 6.07) is 2.05. The summed E-state index contributed by atoms with van der Waals surface area (Å²) in [5, 5.41) is 7.02. The van der Waals surface area contributed by atoms with Crippen molar-refractivity contribution in [1.82, 2.24) is 15.1 Å². The molecule has 98 valence electrons. The first-order chi connectivity index (χ1) is 8.76. The van der Waals surface area contributed by atoms with E-state index in [9.17, 15) is 0 Å². The predicted octanol–water partition coefficient (Wildman–Crippen LogP) is 2.11. The Morgan fingerprint density at radius 3 is 2.94 bits per heavy atom.